The van der Waals surface area contributed by atoms with Crippen LogP contribution in [0, 0.1) is 13.8 Å². The number of rotatable bonds is 5. The summed E-state index contributed by atoms with van der Waals surface area (Å²) in [4.78, 5) is 14.8. The molecule has 0 spiro atoms. The van der Waals surface area contributed by atoms with Crippen LogP contribution in [-0.4, -0.2) is 36.7 Å². The molecule has 6 nitrogen and oxygen atoms in total. The average molecular weight is 344 g/mol. The highest BCUT2D eigenvalue weighted by atomic mass is 16.5. The van der Waals surface area contributed by atoms with Crippen molar-refractivity contribution in [3.05, 3.63) is 40.8 Å². The summed E-state index contributed by atoms with van der Waals surface area (Å²) in [5.41, 5.74) is 2.75. The number of methoxy groups -OCH3 is 2. The number of benzene rings is 1. The first-order valence-electron chi connectivity index (χ1n) is 8.48. The molecule has 1 aromatic carbocycles. The van der Waals surface area contributed by atoms with Crippen LogP contribution in [0.15, 0.2) is 22.7 Å². The van der Waals surface area contributed by atoms with Gasteiger partial charge < -0.3 is 18.9 Å². The van der Waals surface area contributed by atoms with Crippen LogP contribution in [-0.2, 0) is 11.2 Å². The van der Waals surface area contributed by atoms with Crippen molar-refractivity contribution in [2.75, 3.05) is 20.8 Å². The van der Waals surface area contributed by atoms with Crippen LogP contribution in [0.1, 0.15) is 41.5 Å². The van der Waals surface area contributed by atoms with Gasteiger partial charge in [-0.1, -0.05) is 11.2 Å². The minimum absolute atomic E-state index is 0.0628. The van der Waals surface area contributed by atoms with Crippen molar-refractivity contribution in [1.29, 1.82) is 0 Å². The SMILES string of the molecule is COc1ccc([C@H]2CCCN2C(=O)Cc2c(C)noc2C)cc1OC. The standard InChI is InChI=1S/C19H24N2O4/c1-12-15(13(2)25-20-12)11-19(22)21-9-5-6-16(21)14-7-8-17(23-3)18(10-14)24-4/h7-8,10,16H,5-6,9,11H2,1-4H3/t16-/m1/s1. The molecule has 0 saturated carbocycles. The number of carbonyl (C=O) groups is 1. The van der Waals surface area contributed by atoms with E-state index in [4.69, 9.17) is 14.0 Å². The molecule has 0 N–H and O–H groups in total. The Morgan fingerprint density at radius 1 is 1.28 bits per heavy atom. The zero-order chi connectivity index (χ0) is 18.0. The van der Waals surface area contributed by atoms with Crippen LogP contribution in [0.2, 0.25) is 0 Å². The molecule has 2 heterocycles. The lowest BCUT2D eigenvalue weighted by atomic mass is 10.0. The number of nitrogens with zero attached hydrogens (tertiary/aromatic N) is 2. The van der Waals surface area contributed by atoms with Crippen molar-refractivity contribution in [1.82, 2.24) is 10.1 Å². The zero-order valence-corrected chi connectivity index (χ0v) is 15.2. The van der Waals surface area contributed by atoms with E-state index in [0.29, 0.717) is 23.7 Å². The van der Waals surface area contributed by atoms with Gasteiger partial charge in [0.2, 0.25) is 5.91 Å². The Morgan fingerprint density at radius 2 is 2.04 bits per heavy atom. The van der Waals surface area contributed by atoms with Crippen LogP contribution in [0.25, 0.3) is 0 Å². The summed E-state index contributed by atoms with van der Waals surface area (Å²) in [7, 11) is 3.24. The molecule has 6 heteroatoms. The van der Waals surface area contributed by atoms with E-state index in [1.54, 1.807) is 14.2 Å². The van der Waals surface area contributed by atoms with E-state index in [1.807, 2.05) is 36.9 Å². The number of aromatic nitrogens is 1. The molecule has 1 fully saturated rings. The smallest absolute Gasteiger partial charge is 0.227 e. The van der Waals surface area contributed by atoms with Gasteiger partial charge in [-0.05, 0) is 44.4 Å². The fraction of sp³-hybridized carbons (Fsp3) is 0.474. The van der Waals surface area contributed by atoms with Gasteiger partial charge >= 0.3 is 0 Å². The molecule has 1 amide bonds. The third-order valence-corrected chi connectivity index (χ3v) is 4.87. The molecule has 134 valence electrons. The van der Waals surface area contributed by atoms with Gasteiger partial charge in [0, 0.05) is 12.1 Å². The van der Waals surface area contributed by atoms with Gasteiger partial charge in [0.15, 0.2) is 11.5 Å². The number of amides is 1. The first-order valence-corrected chi connectivity index (χ1v) is 8.48. The molecule has 0 radical (unpaired) electrons. The second-order valence-electron chi connectivity index (χ2n) is 6.34. The van der Waals surface area contributed by atoms with Crippen molar-refractivity contribution < 1.29 is 18.8 Å². The van der Waals surface area contributed by atoms with E-state index in [0.717, 1.165) is 36.2 Å². The maximum Gasteiger partial charge on any atom is 0.227 e. The predicted octanol–water partition coefficient (Wildman–Crippen LogP) is 3.21. The van der Waals surface area contributed by atoms with Gasteiger partial charge in [0.05, 0.1) is 32.4 Å². The highest BCUT2D eigenvalue weighted by Gasteiger charge is 2.31. The molecule has 1 aliphatic heterocycles. The van der Waals surface area contributed by atoms with Gasteiger partial charge in [-0.25, -0.2) is 0 Å². The highest BCUT2D eigenvalue weighted by molar-refractivity contribution is 5.80. The van der Waals surface area contributed by atoms with Crippen molar-refractivity contribution in [3.63, 3.8) is 0 Å². The molecular weight excluding hydrogens is 320 g/mol. The van der Waals surface area contributed by atoms with Crippen LogP contribution in [0.3, 0.4) is 0 Å². The van der Waals surface area contributed by atoms with Gasteiger partial charge in [0.25, 0.3) is 0 Å². The zero-order valence-electron chi connectivity index (χ0n) is 15.2. The topological polar surface area (TPSA) is 64.8 Å². The Hall–Kier alpha value is -2.50. The summed E-state index contributed by atoms with van der Waals surface area (Å²) < 4.78 is 15.9. The Balaban J connectivity index is 1.82. The van der Waals surface area contributed by atoms with Gasteiger partial charge in [-0.2, -0.15) is 0 Å². The molecular formula is C19H24N2O4. The Bertz CT molecular complexity index is 749. The van der Waals surface area contributed by atoms with E-state index in [2.05, 4.69) is 5.16 Å². The summed E-state index contributed by atoms with van der Waals surface area (Å²) in [6.45, 7) is 4.48. The van der Waals surface area contributed by atoms with Crippen LogP contribution < -0.4 is 9.47 Å². The van der Waals surface area contributed by atoms with Crippen LogP contribution in [0.5, 0.6) is 11.5 Å². The normalized spacial score (nSPS) is 17.0. The van der Waals surface area contributed by atoms with E-state index in [-0.39, 0.29) is 11.9 Å². The first kappa shape index (κ1) is 17.3. The molecule has 3 rings (SSSR count). The van der Waals surface area contributed by atoms with E-state index in [1.165, 1.54) is 0 Å². The number of ether oxygens (including phenoxy) is 2. The average Bonchev–Trinajstić information content (AvgIpc) is 3.23. The Kier molecular flexibility index (Phi) is 4.97. The second-order valence-corrected chi connectivity index (χ2v) is 6.34. The van der Waals surface area contributed by atoms with Crippen molar-refractivity contribution >= 4 is 5.91 Å². The molecule has 2 aromatic rings. The molecule has 0 bridgehead atoms. The highest BCUT2D eigenvalue weighted by Crippen LogP contribution is 2.37. The third kappa shape index (κ3) is 3.34. The summed E-state index contributed by atoms with van der Waals surface area (Å²) in [5, 5.41) is 3.94. The van der Waals surface area contributed by atoms with Crippen LogP contribution >= 0.6 is 0 Å². The van der Waals surface area contributed by atoms with Crippen LogP contribution in [0.4, 0.5) is 0 Å². The number of aryl methyl sites for hydroxylation is 2. The Labute approximate surface area is 147 Å². The van der Waals surface area contributed by atoms with E-state index in [9.17, 15) is 4.79 Å². The largest absolute Gasteiger partial charge is 0.493 e. The van der Waals surface area contributed by atoms with Gasteiger partial charge in [0.1, 0.15) is 5.76 Å². The van der Waals surface area contributed by atoms with Crippen molar-refractivity contribution in [2.45, 2.75) is 39.2 Å². The minimum Gasteiger partial charge on any atom is -0.493 e. The molecule has 0 aliphatic carbocycles. The first-order chi connectivity index (χ1) is 12.0. The van der Waals surface area contributed by atoms with E-state index < -0.39 is 0 Å². The lowest BCUT2D eigenvalue weighted by molar-refractivity contribution is -0.131. The summed E-state index contributed by atoms with van der Waals surface area (Å²) in [6, 6.07) is 5.93. The molecule has 1 aliphatic rings. The van der Waals surface area contributed by atoms with E-state index >= 15 is 0 Å². The molecule has 1 atom stereocenters. The number of likely N-dealkylation sites (tertiary alicyclic amines) is 1. The monoisotopic (exact) mass is 344 g/mol. The Morgan fingerprint density at radius 3 is 2.68 bits per heavy atom. The molecule has 25 heavy (non-hydrogen) atoms. The molecule has 1 saturated heterocycles. The number of hydrogen-bond acceptors (Lipinski definition) is 5. The lowest BCUT2D eigenvalue weighted by Crippen LogP contribution is -2.32. The maximum absolute atomic E-state index is 12.9. The van der Waals surface area contributed by atoms with Gasteiger partial charge in [-0.15, -0.1) is 0 Å². The summed E-state index contributed by atoms with van der Waals surface area (Å²) in [6.07, 6.45) is 2.26. The summed E-state index contributed by atoms with van der Waals surface area (Å²) >= 11 is 0. The van der Waals surface area contributed by atoms with Gasteiger partial charge in [-0.3, -0.25) is 4.79 Å². The quantitative estimate of drug-likeness (QED) is 0.833. The van der Waals surface area contributed by atoms with Crippen molar-refractivity contribution in [2.24, 2.45) is 0 Å². The van der Waals surface area contributed by atoms with Crippen molar-refractivity contribution in [3.8, 4) is 11.5 Å². The molecule has 0 unspecified atom stereocenters. The maximum atomic E-state index is 12.9. The third-order valence-electron chi connectivity index (χ3n) is 4.87. The number of carbonyl (C=O) groups excluding carboxylic acids is 1. The fourth-order valence-electron chi connectivity index (χ4n) is 3.48. The minimum atomic E-state index is 0.0628. The second kappa shape index (κ2) is 7.17. The predicted molar refractivity (Wildman–Crippen MR) is 92.9 cm³/mol. The molecule has 1 aromatic heterocycles. The summed E-state index contributed by atoms with van der Waals surface area (Å²) in [5.74, 6) is 2.20. The fourth-order valence-corrected chi connectivity index (χ4v) is 3.48. The number of hydrogen-bond donors (Lipinski definition) is 0. The lowest BCUT2D eigenvalue weighted by Gasteiger charge is -2.26.